The van der Waals surface area contributed by atoms with E-state index in [1.54, 1.807) is 19.2 Å². The molecule has 1 aliphatic rings. The summed E-state index contributed by atoms with van der Waals surface area (Å²) in [5.74, 6) is 0.179. The average Bonchev–Trinajstić information content (AvgIpc) is 2.53. The first-order chi connectivity index (χ1) is 7.24. The number of benzene rings is 1. The highest BCUT2D eigenvalue weighted by Crippen LogP contribution is 2.38. The maximum absolute atomic E-state index is 13.5. The van der Waals surface area contributed by atoms with Crippen LogP contribution >= 0.6 is 0 Å². The molecule has 1 heterocycles. The number of fused-ring (bicyclic) bond motifs is 1. The Hall–Kier alpha value is -1.17. The van der Waals surface area contributed by atoms with Crippen molar-refractivity contribution < 1.29 is 14.0 Å². The van der Waals surface area contributed by atoms with Crippen molar-refractivity contribution in [3.63, 3.8) is 0 Å². The molecule has 5 heteroatoms. The Kier molecular flexibility index (Phi) is 2.86. The predicted octanol–water partition coefficient (Wildman–Crippen LogP) is 1.04. The molecule has 0 radical (unpaired) electrons. The van der Waals surface area contributed by atoms with Gasteiger partial charge in [0.2, 0.25) is 0 Å². The van der Waals surface area contributed by atoms with Crippen LogP contribution in [0.1, 0.15) is 11.8 Å². The van der Waals surface area contributed by atoms with Crippen LogP contribution in [0.5, 0.6) is 5.75 Å². The fraction of sp³-hybridized carbons (Fsp3) is 0.400. The van der Waals surface area contributed by atoms with Gasteiger partial charge < -0.3 is 15.3 Å². The number of nitrogens with two attached hydrogens (primary N) is 1. The molecule has 0 amide bonds. The van der Waals surface area contributed by atoms with Gasteiger partial charge in [-0.15, -0.1) is 5.06 Å². The number of halogens is 1. The van der Waals surface area contributed by atoms with Gasteiger partial charge in [0, 0.05) is 13.6 Å². The molecule has 1 aromatic rings. The fourth-order valence-electron chi connectivity index (χ4n) is 1.59. The molecule has 0 aromatic heterocycles. The number of rotatable bonds is 3. The predicted molar refractivity (Wildman–Crippen MR) is 52.5 cm³/mol. The number of hydrogen-bond donors (Lipinski definition) is 1. The molecule has 0 aliphatic carbocycles. The van der Waals surface area contributed by atoms with E-state index in [1.165, 1.54) is 11.1 Å². The monoisotopic (exact) mass is 212 g/mol. The molecule has 82 valence electrons. The molecule has 0 bridgehead atoms. The van der Waals surface area contributed by atoms with Crippen LogP contribution in [0.3, 0.4) is 0 Å². The normalized spacial score (nSPS) is 20.1. The van der Waals surface area contributed by atoms with Crippen LogP contribution in [-0.2, 0) is 4.74 Å². The summed E-state index contributed by atoms with van der Waals surface area (Å²) in [6.07, 6.45) is -0.509. The van der Waals surface area contributed by atoms with E-state index in [0.29, 0.717) is 24.5 Å². The van der Waals surface area contributed by atoms with E-state index in [4.69, 9.17) is 15.3 Å². The van der Waals surface area contributed by atoms with Gasteiger partial charge in [-0.25, -0.2) is 4.39 Å². The highest BCUT2D eigenvalue weighted by molar-refractivity contribution is 5.38. The Bertz CT molecular complexity index is 359. The highest BCUT2D eigenvalue weighted by atomic mass is 19.1. The van der Waals surface area contributed by atoms with Crippen molar-refractivity contribution in [2.24, 2.45) is 5.73 Å². The second-order valence-electron chi connectivity index (χ2n) is 3.30. The van der Waals surface area contributed by atoms with Crippen LogP contribution < -0.4 is 10.6 Å². The maximum atomic E-state index is 13.5. The van der Waals surface area contributed by atoms with E-state index < -0.39 is 6.23 Å². The third kappa shape index (κ3) is 1.81. The Morgan fingerprint density at radius 3 is 3.13 bits per heavy atom. The Balaban J connectivity index is 2.27. The number of hydroxylamine groups is 2. The molecule has 15 heavy (non-hydrogen) atoms. The second kappa shape index (κ2) is 4.14. The van der Waals surface area contributed by atoms with Gasteiger partial charge in [-0.05, 0) is 12.1 Å². The van der Waals surface area contributed by atoms with Crippen molar-refractivity contribution in [2.45, 2.75) is 6.23 Å². The van der Waals surface area contributed by atoms with Gasteiger partial charge >= 0.3 is 0 Å². The lowest BCUT2D eigenvalue weighted by Gasteiger charge is -2.17. The summed E-state index contributed by atoms with van der Waals surface area (Å²) in [4.78, 5) is 5.32. The van der Waals surface area contributed by atoms with Crippen molar-refractivity contribution in [3.8, 4) is 5.75 Å². The molecule has 2 N–H and O–H groups in total. The van der Waals surface area contributed by atoms with Crippen LogP contribution in [0.4, 0.5) is 4.39 Å². The number of hydrogen-bond acceptors (Lipinski definition) is 4. The third-order valence-corrected chi connectivity index (χ3v) is 2.23. The molecule has 2 rings (SSSR count). The summed E-state index contributed by atoms with van der Waals surface area (Å²) in [7, 11) is 1.70. The summed E-state index contributed by atoms with van der Waals surface area (Å²) in [6, 6.07) is 4.70. The zero-order valence-corrected chi connectivity index (χ0v) is 8.44. The molecule has 4 nitrogen and oxygen atoms in total. The average molecular weight is 212 g/mol. The Morgan fingerprint density at radius 2 is 2.40 bits per heavy atom. The van der Waals surface area contributed by atoms with Crippen molar-refractivity contribution >= 4 is 0 Å². The van der Waals surface area contributed by atoms with E-state index in [9.17, 15) is 4.39 Å². The minimum absolute atomic E-state index is 0.320. The van der Waals surface area contributed by atoms with Crippen molar-refractivity contribution in [3.05, 3.63) is 29.6 Å². The van der Waals surface area contributed by atoms with Crippen LogP contribution in [0.2, 0.25) is 0 Å². The zero-order chi connectivity index (χ0) is 10.8. The number of nitrogens with zero attached hydrogens (tertiary/aromatic N) is 1. The lowest BCUT2D eigenvalue weighted by molar-refractivity contribution is -0.156. The fourth-order valence-corrected chi connectivity index (χ4v) is 1.59. The molecule has 0 saturated carbocycles. The molecule has 1 aromatic carbocycles. The van der Waals surface area contributed by atoms with Crippen LogP contribution in [-0.4, -0.2) is 25.3 Å². The van der Waals surface area contributed by atoms with E-state index >= 15 is 0 Å². The van der Waals surface area contributed by atoms with E-state index in [-0.39, 0.29) is 5.82 Å². The molecule has 1 aliphatic heterocycles. The van der Waals surface area contributed by atoms with E-state index in [1.807, 2.05) is 0 Å². The first kappa shape index (κ1) is 10.4. The maximum Gasteiger partial charge on any atom is 0.175 e. The standard InChI is InChI=1S/C10H13FN2O2/c1-13-10(14-6-5-12)9-7(11)3-2-4-8(9)15-13/h2-4,10H,5-6,12H2,1H3. The summed E-state index contributed by atoms with van der Waals surface area (Å²) in [5.41, 5.74) is 5.77. The Morgan fingerprint density at radius 1 is 1.60 bits per heavy atom. The van der Waals surface area contributed by atoms with Gasteiger partial charge in [0.1, 0.15) is 5.82 Å². The first-order valence-corrected chi connectivity index (χ1v) is 4.75. The smallest absolute Gasteiger partial charge is 0.175 e. The first-order valence-electron chi connectivity index (χ1n) is 4.75. The van der Waals surface area contributed by atoms with E-state index in [2.05, 4.69) is 0 Å². The van der Waals surface area contributed by atoms with Crippen molar-refractivity contribution in [1.82, 2.24) is 5.06 Å². The summed E-state index contributed by atoms with van der Waals surface area (Å²) < 4.78 is 18.9. The van der Waals surface area contributed by atoms with Gasteiger partial charge in [-0.1, -0.05) is 6.07 Å². The van der Waals surface area contributed by atoms with Gasteiger partial charge in [0.15, 0.2) is 12.0 Å². The van der Waals surface area contributed by atoms with Gasteiger partial charge in [-0.2, -0.15) is 0 Å². The molecule has 0 spiro atoms. The topological polar surface area (TPSA) is 47.7 Å². The van der Waals surface area contributed by atoms with Crippen LogP contribution in [0, 0.1) is 5.82 Å². The van der Waals surface area contributed by atoms with E-state index in [0.717, 1.165) is 0 Å². The van der Waals surface area contributed by atoms with Gasteiger partial charge in [0.05, 0.1) is 12.2 Å². The molecule has 0 saturated heterocycles. The van der Waals surface area contributed by atoms with Gasteiger partial charge in [-0.3, -0.25) is 0 Å². The summed E-state index contributed by atoms with van der Waals surface area (Å²) in [5, 5.41) is 1.48. The minimum atomic E-state index is -0.509. The third-order valence-electron chi connectivity index (χ3n) is 2.23. The molecule has 1 atom stereocenters. The summed E-state index contributed by atoms with van der Waals surface area (Å²) in [6.45, 7) is 0.764. The lowest BCUT2D eigenvalue weighted by atomic mass is 10.2. The second-order valence-corrected chi connectivity index (χ2v) is 3.30. The van der Waals surface area contributed by atoms with Gasteiger partial charge in [0.25, 0.3) is 0 Å². The molecular weight excluding hydrogens is 199 g/mol. The SMILES string of the molecule is CN1Oc2cccc(F)c2C1OCCN. The van der Waals surface area contributed by atoms with Crippen LogP contribution in [0.25, 0.3) is 0 Å². The largest absolute Gasteiger partial charge is 0.403 e. The van der Waals surface area contributed by atoms with Crippen molar-refractivity contribution in [1.29, 1.82) is 0 Å². The highest BCUT2D eigenvalue weighted by Gasteiger charge is 2.33. The number of ether oxygens (including phenoxy) is 1. The molecule has 0 fully saturated rings. The summed E-state index contributed by atoms with van der Waals surface area (Å²) >= 11 is 0. The molecule has 1 unspecified atom stereocenters. The Labute approximate surface area is 87.3 Å². The van der Waals surface area contributed by atoms with Crippen molar-refractivity contribution in [2.75, 3.05) is 20.2 Å². The quantitative estimate of drug-likeness (QED) is 0.813. The van der Waals surface area contributed by atoms with Crippen LogP contribution in [0.15, 0.2) is 18.2 Å². The minimum Gasteiger partial charge on any atom is -0.403 e. The lowest BCUT2D eigenvalue weighted by Crippen LogP contribution is -2.25. The zero-order valence-electron chi connectivity index (χ0n) is 8.44. The molecular formula is C10H13FN2O2.